The van der Waals surface area contributed by atoms with E-state index >= 15 is 0 Å². The van der Waals surface area contributed by atoms with E-state index in [0.29, 0.717) is 0 Å². The average molecular weight is 219 g/mol. The number of rotatable bonds is 2. The number of carbonyl (C=O) groups is 1. The van der Waals surface area contributed by atoms with Crippen LogP contribution in [0.4, 0.5) is 13.2 Å². The summed E-state index contributed by atoms with van der Waals surface area (Å²) in [5, 5.41) is 0. The van der Waals surface area contributed by atoms with Gasteiger partial charge in [-0.2, -0.15) is 13.2 Å². The zero-order valence-corrected chi connectivity index (χ0v) is 7.45. The highest BCUT2D eigenvalue weighted by Crippen LogP contribution is 2.31. The number of halogens is 3. The molecule has 0 radical (unpaired) electrons. The molecular weight excluding hydrogens is 211 g/mol. The van der Waals surface area contributed by atoms with Crippen LogP contribution in [0.5, 0.6) is 0 Å². The molecule has 1 aromatic rings. The number of aromatic nitrogens is 1. The molecule has 0 saturated heterocycles. The van der Waals surface area contributed by atoms with Crippen molar-refractivity contribution in [1.29, 1.82) is 0 Å². The summed E-state index contributed by atoms with van der Waals surface area (Å²) in [4.78, 5) is 14.3. The van der Waals surface area contributed by atoms with Crippen LogP contribution < -0.4 is 11.5 Å². The van der Waals surface area contributed by atoms with Gasteiger partial charge in [-0.1, -0.05) is 0 Å². The Morgan fingerprint density at radius 1 is 1.47 bits per heavy atom. The lowest BCUT2D eigenvalue weighted by Gasteiger charge is -2.17. The van der Waals surface area contributed by atoms with Crippen LogP contribution in [0, 0.1) is 0 Å². The van der Waals surface area contributed by atoms with Gasteiger partial charge in [0.05, 0.1) is 0 Å². The van der Waals surface area contributed by atoms with Crippen LogP contribution in [0.15, 0.2) is 18.5 Å². The van der Waals surface area contributed by atoms with E-state index in [1.165, 1.54) is 6.20 Å². The second-order valence-electron chi connectivity index (χ2n) is 2.85. The normalized spacial score (nSPS) is 13.6. The zero-order valence-electron chi connectivity index (χ0n) is 7.45. The molecule has 1 aromatic heterocycles. The SMILES string of the molecule is NC(=O)c1ccncc1C(N)C(F)(F)F. The Balaban J connectivity index is 3.19. The number of pyridine rings is 1. The number of nitrogens with two attached hydrogens (primary N) is 2. The van der Waals surface area contributed by atoms with Crippen molar-refractivity contribution in [1.82, 2.24) is 4.98 Å². The summed E-state index contributed by atoms with van der Waals surface area (Å²) in [6, 6.07) is -1.16. The van der Waals surface area contributed by atoms with Crippen molar-refractivity contribution < 1.29 is 18.0 Å². The molecule has 1 rings (SSSR count). The molecule has 15 heavy (non-hydrogen) atoms. The first-order chi connectivity index (χ1) is 6.84. The molecule has 0 aromatic carbocycles. The smallest absolute Gasteiger partial charge is 0.366 e. The van der Waals surface area contributed by atoms with Crippen molar-refractivity contribution in [2.24, 2.45) is 11.5 Å². The molecule has 1 atom stereocenters. The Morgan fingerprint density at radius 3 is 2.53 bits per heavy atom. The largest absolute Gasteiger partial charge is 0.407 e. The number of hydrogen-bond donors (Lipinski definition) is 2. The van der Waals surface area contributed by atoms with Crippen LogP contribution >= 0.6 is 0 Å². The van der Waals surface area contributed by atoms with Crippen molar-refractivity contribution in [3.05, 3.63) is 29.6 Å². The number of carbonyl (C=O) groups excluding carboxylic acids is 1. The second-order valence-corrected chi connectivity index (χ2v) is 2.85. The molecule has 4 N–H and O–H groups in total. The molecular formula is C8H8F3N3O. The fourth-order valence-electron chi connectivity index (χ4n) is 1.06. The maximum atomic E-state index is 12.3. The number of alkyl halides is 3. The third kappa shape index (κ3) is 2.44. The van der Waals surface area contributed by atoms with Gasteiger partial charge < -0.3 is 11.5 Å². The molecule has 0 fully saturated rings. The van der Waals surface area contributed by atoms with Crippen molar-refractivity contribution in [3.63, 3.8) is 0 Å². The molecule has 4 nitrogen and oxygen atoms in total. The Kier molecular flexibility index (Phi) is 2.94. The Labute approximate surface area is 83.1 Å². The lowest BCUT2D eigenvalue weighted by Crippen LogP contribution is -2.31. The number of amides is 1. The van der Waals surface area contributed by atoms with E-state index in [-0.39, 0.29) is 5.56 Å². The summed E-state index contributed by atoms with van der Waals surface area (Å²) < 4.78 is 36.8. The molecule has 0 bridgehead atoms. The van der Waals surface area contributed by atoms with Gasteiger partial charge in [0.1, 0.15) is 6.04 Å². The lowest BCUT2D eigenvalue weighted by atomic mass is 10.0. The van der Waals surface area contributed by atoms with Crippen molar-refractivity contribution in [3.8, 4) is 0 Å². The summed E-state index contributed by atoms with van der Waals surface area (Å²) in [5.41, 5.74) is 9.16. The summed E-state index contributed by atoms with van der Waals surface area (Å²) in [6.07, 6.45) is -2.57. The Bertz CT molecular complexity index is 378. The van der Waals surface area contributed by atoms with Crippen molar-refractivity contribution in [2.75, 3.05) is 0 Å². The van der Waals surface area contributed by atoms with Gasteiger partial charge in [-0.05, 0) is 6.07 Å². The Hall–Kier alpha value is -1.63. The van der Waals surface area contributed by atoms with E-state index in [2.05, 4.69) is 4.98 Å². The topological polar surface area (TPSA) is 82.0 Å². The standard InChI is InChI=1S/C8H8F3N3O/c9-8(10,11)6(12)5-3-14-2-1-4(5)7(13)15/h1-3,6H,12H2,(H2,13,15). The Morgan fingerprint density at radius 2 is 2.07 bits per heavy atom. The highest BCUT2D eigenvalue weighted by molar-refractivity contribution is 5.94. The van der Waals surface area contributed by atoms with Gasteiger partial charge in [-0.3, -0.25) is 9.78 Å². The summed E-state index contributed by atoms with van der Waals surface area (Å²) >= 11 is 0. The van der Waals surface area contributed by atoms with E-state index in [1.54, 1.807) is 0 Å². The molecule has 0 saturated carbocycles. The molecule has 0 aliphatic carbocycles. The van der Waals surface area contributed by atoms with Crippen molar-refractivity contribution >= 4 is 5.91 Å². The number of nitrogens with zero attached hydrogens (tertiary/aromatic N) is 1. The van der Waals surface area contributed by atoms with E-state index < -0.39 is 23.7 Å². The van der Waals surface area contributed by atoms with Gasteiger partial charge in [0.15, 0.2) is 0 Å². The molecule has 0 aliphatic heterocycles. The third-order valence-electron chi connectivity index (χ3n) is 1.81. The third-order valence-corrected chi connectivity index (χ3v) is 1.81. The van der Waals surface area contributed by atoms with Crippen LogP contribution in [0.3, 0.4) is 0 Å². The molecule has 0 spiro atoms. The average Bonchev–Trinajstić information content (AvgIpc) is 2.15. The fourth-order valence-corrected chi connectivity index (χ4v) is 1.06. The van der Waals surface area contributed by atoms with Gasteiger partial charge in [-0.25, -0.2) is 0 Å². The molecule has 1 unspecified atom stereocenters. The van der Waals surface area contributed by atoms with Crippen LogP contribution in [-0.2, 0) is 0 Å². The van der Waals surface area contributed by atoms with Gasteiger partial charge in [-0.15, -0.1) is 0 Å². The van der Waals surface area contributed by atoms with Gasteiger partial charge >= 0.3 is 6.18 Å². The zero-order chi connectivity index (χ0) is 11.6. The molecule has 82 valence electrons. The van der Waals surface area contributed by atoms with E-state index in [9.17, 15) is 18.0 Å². The van der Waals surface area contributed by atoms with Gasteiger partial charge in [0, 0.05) is 23.5 Å². The van der Waals surface area contributed by atoms with Crippen molar-refractivity contribution in [2.45, 2.75) is 12.2 Å². The van der Waals surface area contributed by atoms with Gasteiger partial charge in [0.2, 0.25) is 5.91 Å². The minimum atomic E-state index is -4.63. The molecule has 1 amide bonds. The maximum Gasteiger partial charge on any atom is 0.407 e. The highest BCUT2D eigenvalue weighted by Gasteiger charge is 2.39. The van der Waals surface area contributed by atoms with Crippen LogP contribution in [-0.4, -0.2) is 17.1 Å². The van der Waals surface area contributed by atoms with Crippen LogP contribution in [0.25, 0.3) is 0 Å². The monoisotopic (exact) mass is 219 g/mol. The maximum absolute atomic E-state index is 12.3. The second kappa shape index (κ2) is 3.85. The first-order valence-corrected chi connectivity index (χ1v) is 3.90. The lowest BCUT2D eigenvalue weighted by molar-refractivity contribution is -0.149. The summed E-state index contributed by atoms with van der Waals surface area (Å²) in [7, 11) is 0. The molecule has 7 heteroatoms. The first-order valence-electron chi connectivity index (χ1n) is 3.90. The summed E-state index contributed by atoms with van der Waals surface area (Å²) in [6.45, 7) is 0. The van der Waals surface area contributed by atoms with E-state index in [4.69, 9.17) is 11.5 Å². The van der Waals surface area contributed by atoms with Gasteiger partial charge in [0.25, 0.3) is 0 Å². The predicted octanol–water partition coefficient (Wildman–Crippen LogP) is 0.743. The van der Waals surface area contributed by atoms with Crippen LogP contribution in [0.1, 0.15) is 22.0 Å². The fraction of sp³-hybridized carbons (Fsp3) is 0.250. The summed E-state index contributed by atoms with van der Waals surface area (Å²) in [5.74, 6) is -0.966. The van der Waals surface area contributed by atoms with E-state index in [1.807, 2.05) is 0 Å². The number of hydrogen-bond acceptors (Lipinski definition) is 3. The van der Waals surface area contributed by atoms with E-state index in [0.717, 1.165) is 12.3 Å². The minimum Gasteiger partial charge on any atom is -0.366 e. The quantitative estimate of drug-likeness (QED) is 0.769. The predicted molar refractivity (Wildman–Crippen MR) is 45.7 cm³/mol. The number of primary amides is 1. The molecule has 0 aliphatic rings. The first kappa shape index (κ1) is 11.4. The minimum absolute atomic E-state index is 0.269. The van der Waals surface area contributed by atoms with Crippen LogP contribution in [0.2, 0.25) is 0 Å². The molecule has 1 heterocycles. The highest BCUT2D eigenvalue weighted by atomic mass is 19.4.